The van der Waals surface area contributed by atoms with Crippen molar-refractivity contribution in [1.82, 2.24) is 9.55 Å². The molecule has 0 radical (unpaired) electrons. The van der Waals surface area contributed by atoms with Crippen molar-refractivity contribution in [2.75, 3.05) is 0 Å². The molecule has 1 heterocycles. The summed E-state index contributed by atoms with van der Waals surface area (Å²) in [6, 6.07) is 5.61. The van der Waals surface area contributed by atoms with Gasteiger partial charge in [-0.3, -0.25) is 9.36 Å². The summed E-state index contributed by atoms with van der Waals surface area (Å²) in [5.41, 5.74) is 1.14. The first-order valence-electron chi connectivity index (χ1n) is 6.42. The average Bonchev–Trinajstić information content (AvgIpc) is 2.82. The molecular formula is C14H16N2O2. The number of nitrogens with zero attached hydrogens (tertiary/aromatic N) is 1. The SMILES string of the molecule is Cc1cccc2[nH]c(=O)n(C3CCCC3)c(=O)c12. The van der Waals surface area contributed by atoms with Crippen molar-refractivity contribution in [3.63, 3.8) is 0 Å². The molecule has 0 amide bonds. The summed E-state index contributed by atoms with van der Waals surface area (Å²) in [4.78, 5) is 27.4. The molecule has 0 unspecified atom stereocenters. The minimum Gasteiger partial charge on any atom is -0.307 e. The lowest BCUT2D eigenvalue weighted by molar-refractivity contribution is 0.483. The first-order valence-corrected chi connectivity index (χ1v) is 6.42. The number of rotatable bonds is 1. The van der Waals surface area contributed by atoms with Gasteiger partial charge in [-0.25, -0.2) is 4.79 Å². The molecule has 1 aromatic carbocycles. The number of fused-ring (bicyclic) bond motifs is 1. The van der Waals surface area contributed by atoms with Crippen LogP contribution >= 0.6 is 0 Å². The minimum atomic E-state index is -0.273. The summed E-state index contributed by atoms with van der Waals surface area (Å²) >= 11 is 0. The van der Waals surface area contributed by atoms with Crippen LogP contribution in [-0.4, -0.2) is 9.55 Å². The van der Waals surface area contributed by atoms with E-state index in [4.69, 9.17) is 0 Å². The van der Waals surface area contributed by atoms with Crippen LogP contribution in [0.3, 0.4) is 0 Å². The Morgan fingerprint density at radius 1 is 1.22 bits per heavy atom. The maximum atomic E-state index is 12.5. The zero-order chi connectivity index (χ0) is 12.7. The summed E-state index contributed by atoms with van der Waals surface area (Å²) in [6.07, 6.45) is 4.06. The molecule has 1 N–H and O–H groups in total. The van der Waals surface area contributed by atoms with Crippen molar-refractivity contribution >= 4 is 10.9 Å². The van der Waals surface area contributed by atoms with Gasteiger partial charge in [-0.2, -0.15) is 0 Å². The molecular weight excluding hydrogens is 228 g/mol. The topological polar surface area (TPSA) is 54.9 Å². The van der Waals surface area contributed by atoms with Crippen molar-refractivity contribution in [3.05, 3.63) is 44.6 Å². The van der Waals surface area contributed by atoms with Crippen LogP contribution in [0, 0.1) is 6.92 Å². The van der Waals surface area contributed by atoms with Crippen molar-refractivity contribution in [3.8, 4) is 0 Å². The monoisotopic (exact) mass is 244 g/mol. The van der Waals surface area contributed by atoms with Crippen LogP contribution in [0.5, 0.6) is 0 Å². The Hall–Kier alpha value is -1.84. The molecule has 4 nitrogen and oxygen atoms in total. The molecule has 0 atom stereocenters. The van der Waals surface area contributed by atoms with Gasteiger partial charge in [-0.05, 0) is 31.4 Å². The fourth-order valence-electron chi connectivity index (χ4n) is 2.94. The van der Waals surface area contributed by atoms with Gasteiger partial charge in [0, 0.05) is 6.04 Å². The van der Waals surface area contributed by atoms with Gasteiger partial charge < -0.3 is 4.98 Å². The third-order valence-corrected chi connectivity index (χ3v) is 3.86. The molecule has 1 aliphatic rings. The normalized spacial score (nSPS) is 16.5. The van der Waals surface area contributed by atoms with Crippen molar-refractivity contribution < 1.29 is 0 Å². The van der Waals surface area contributed by atoms with E-state index in [1.54, 1.807) is 6.07 Å². The molecule has 1 fully saturated rings. The van der Waals surface area contributed by atoms with E-state index in [1.807, 2.05) is 19.1 Å². The Kier molecular flexibility index (Phi) is 2.58. The van der Waals surface area contributed by atoms with Gasteiger partial charge in [-0.1, -0.05) is 25.0 Å². The van der Waals surface area contributed by atoms with Crippen molar-refractivity contribution in [2.24, 2.45) is 0 Å². The minimum absolute atomic E-state index is 0.0743. The van der Waals surface area contributed by atoms with Crippen LogP contribution in [0.25, 0.3) is 10.9 Å². The second kappa shape index (κ2) is 4.12. The molecule has 1 saturated carbocycles. The number of H-pyrrole nitrogens is 1. The van der Waals surface area contributed by atoms with Gasteiger partial charge in [-0.15, -0.1) is 0 Å². The average molecular weight is 244 g/mol. The van der Waals surface area contributed by atoms with E-state index < -0.39 is 0 Å². The van der Waals surface area contributed by atoms with Crippen molar-refractivity contribution in [1.29, 1.82) is 0 Å². The quantitative estimate of drug-likeness (QED) is 0.835. The molecule has 1 aromatic heterocycles. The lowest BCUT2D eigenvalue weighted by Crippen LogP contribution is -2.37. The zero-order valence-electron chi connectivity index (χ0n) is 10.4. The van der Waals surface area contributed by atoms with Gasteiger partial charge in [0.15, 0.2) is 0 Å². The number of hydrogen-bond donors (Lipinski definition) is 1. The molecule has 18 heavy (non-hydrogen) atoms. The highest BCUT2D eigenvalue weighted by atomic mass is 16.2. The van der Waals surface area contributed by atoms with E-state index in [1.165, 1.54) is 4.57 Å². The lowest BCUT2D eigenvalue weighted by Gasteiger charge is -2.13. The smallest absolute Gasteiger partial charge is 0.307 e. The molecule has 4 heteroatoms. The molecule has 2 aromatic rings. The van der Waals surface area contributed by atoms with E-state index in [9.17, 15) is 9.59 Å². The van der Waals surface area contributed by atoms with E-state index >= 15 is 0 Å². The standard InChI is InChI=1S/C14H16N2O2/c1-9-5-4-8-11-12(9)13(17)16(14(18)15-11)10-6-2-3-7-10/h4-5,8,10H,2-3,6-7H2,1H3,(H,15,18). The number of hydrogen-bond acceptors (Lipinski definition) is 2. The van der Waals surface area contributed by atoms with Crippen LogP contribution < -0.4 is 11.2 Å². The Bertz CT molecular complexity index is 706. The second-order valence-electron chi connectivity index (χ2n) is 5.04. The maximum Gasteiger partial charge on any atom is 0.329 e. The molecule has 3 rings (SSSR count). The maximum absolute atomic E-state index is 12.5. The summed E-state index contributed by atoms with van der Waals surface area (Å²) in [5.74, 6) is 0. The predicted octanol–water partition coefficient (Wildman–Crippen LogP) is 2.11. The van der Waals surface area contributed by atoms with Crippen LogP contribution in [0.4, 0.5) is 0 Å². The fourth-order valence-corrected chi connectivity index (χ4v) is 2.94. The fraction of sp³-hybridized carbons (Fsp3) is 0.429. The Morgan fingerprint density at radius 2 is 1.94 bits per heavy atom. The summed E-state index contributed by atoms with van der Waals surface area (Å²) in [5, 5.41) is 0.643. The van der Waals surface area contributed by atoms with Crippen LogP contribution in [-0.2, 0) is 0 Å². The second-order valence-corrected chi connectivity index (χ2v) is 5.04. The van der Waals surface area contributed by atoms with Gasteiger partial charge in [0.1, 0.15) is 0 Å². The first kappa shape index (κ1) is 11.3. The number of aromatic amines is 1. The molecule has 0 aliphatic heterocycles. The van der Waals surface area contributed by atoms with E-state index in [2.05, 4.69) is 4.98 Å². The molecule has 94 valence electrons. The summed E-state index contributed by atoms with van der Waals surface area (Å²) < 4.78 is 1.42. The Morgan fingerprint density at radius 3 is 2.67 bits per heavy atom. The van der Waals surface area contributed by atoms with Gasteiger partial charge >= 0.3 is 5.69 Å². The Balaban J connectivity index is 2.36. The van der Waals surface area contributed by atoms with E-state index in [0.717, 1.165) is 31.2 Å². The third kappa shape index (κ3) is 1.60. The van der Waals surface area contributed by atoms with Gasteiger partial charge in [0.2, 0.25) is 0 Å². The van der Waals surface area contributed by atoms with Crippen LogP contribution in [0.2, 0.25) is 0 Å². The summed E-state index contributed by atoms with van der Waals surface area (Å²) in [6.45, 7) is 1.90. The molecule has 0 bridgehead atoms. The zero-order valence-corrected chi connectivity index (χ0v) is 10.4. The van der Waals surface area contributed by atoms with E-state index in [-0.39, 0.29) is 17.3 Å². The number of aromatic nitrogens is 2. The van der Waals surface area contributed by atoms with Crippen LogP contribution in [0.15, 0.2) is 27.8 Å². The highest BCUT2D eigenvalue weighted by Crippen LogP contribution is 2.27. The Labute approximate surface area is 104 Å². The van der Waals surface area contributed by atoms with Gasteiger partial charge in [0.25, 0.3) is 5.56 Å². The first-order chi connectivity index (χ1) is 8.68. The summed E-state index contributed by atoms with van der Waals surface area (Å²) in [7, 11) is 0. The number of aryl methyl sites for hydroxylation is 1. The molecule has 0 saturated heterocycles. The molecule has 1 aliphatic carbocycles. The number of nitrogens with one attached hydrogen (secondary N) is 1. The van der Waals surface area contributed by atoms with Crippen LogP contribution in [0.1, 0.15) is 37.3 Å². The number of benzene rings is 1. The van der Waals surface area contributed by atoms with E-state index in [0.29, 0.717) is 10.9 Å². The largest absolute Gasteiger partial charge is 0.329 e. The third-order valence-electron chi connectivity index (χ3n) is 3.86. The molecule has 0 spiro atoms. The van der Waals surface area contributed by atoms with Crippen molar-refractivity contribution in [2.45, 2.75) is 38.6 Å². The highest BCUT2D eigenvalue weighted by Gasteiger charge is 2.21. The highest BCUT2D eigenvalue weighted by molar-refractivity contribution is 5.80. The predicted molar refractivity (Wildman–Crippen MR) is 71.1 cm³/mol. The lowest BCUT2D eigenvalue weighted by atomic mass is 10.1. The van der Waals surface area contributed by atoms with Gasteiger partial charge in [0.05, 0.1) is 10.9 Å².